The molecule has 2 rings (SSSR count). The van der Waals surface area contributed by atoms with E-state index in [-0.39, 0.29) is 12.0 Å². The highest BCUT2D eigenvalue weighted by atomic mass is 16.5. The van der Waals surface area contributed by atoms with E-state index in [2.05, 4.69) is 27.0 Å². The minimum absolute atomic E-state index is 0.226. The highest BCUT2D eigenvalue weighted by Gasteiger charge is 2.16. The summed E-state index contributed by atoms with van der Waals surface area (Å²) in [6.45, 7) is 4.09. The van der Waals surface area contributed by atoms with Crippen LogP contribution >= 0.6 is 0 Å². The van der Waals surface area contributed by atoms with Crippen molar-refractivity contribution in [3.8, 4) is 11.6 Å². The Morgan fingerprint density at radius 3 is 2.58 bits per heavy atom. The summed E-state index contributed by atoms with van der Waals surface area (Å²) >= 11 is 0. The van der Waals surface area contributed by atoms with Gasteiger partial charge < -0.3 is 10.3 Å². The molecule has 19 heavy (non-hydrogen) atoms. The van der Waals surface area contributed by atoms with Crippen molar-refractivity contribution in [1.29, 1.82) is 0 Å². The number of aromatic nitrogens is 4. The Morgan fingerprint density at radius 1 is 1.16 bits per heavy atom. The Kier molecular flexibility index (Phi) is 4.57. The molecule has 0 aromatic carbocycles. The van der Waals surface area contributed by atoms with Gasteiger partial charge in [0.2, 0.25) is 17.5 Å². The lowest BCUT2D eigenvalue weighted by Gasteiger charge is -2.07. The standard InChI is InChI=1S/C13H19N5O/c1-9(5-3-6-10(2)14)13-17-12(18-19-13)11-15-7-4-8-16-11/h4,7-10H,3,5-6,14H2,1-2H3. The molecule has 6 nitrogen and oxygen atoms in total. The molecule has 0 saturated heterocycles. The summed E-state index contributed by atoms with van der Waals surface area (Å²) in [5.41, 5.74) is 5.73. The third-order valence-electron chi connectivity index (χ3n) is 2.93. The second-order valence-electron chi connectivity index (χ2n) is 4.84. The molecule has 0 aliphatic carbocycles. The van der Waals surface area contributed by atoms with Gasteiger partial charge in [0.05, 0.1) is 0 Å². The van der Waals surface area contributed by atoms with Crippen LogP contribution in [0.4, 0.5) is 0 Å². The van der Waals surface area contributed by atoms with Crippen molar-refractivity contribution in [2.45, 2.75) is 45.1 Å². The molecule has 2 aromatic rings. The maximum Gasteiger partial charge on any atom is 0.240 e. The van der Waals surface area contributed by atoms with Gasteiger partial charge in [-0.1, -0.05) is 18.5 Å². The molecule has 102 valence electrons. The van der Waals surface area contributed by atoms with Crippen molar-refractivity contribution in [3.05, 3.63) is 24.4 Å². The fraction of sp³-hybridized carbons (Fsp3) is 0.538. The third-order valence-corrected chi connectivity index (χ3v) is 2.93. The van der Waals surface area contributed by atoms with Crippen LogP contribution < -0.4 is 5.73 Å². The van der Waals surface area contributed by atoms with Crippen molar-refractivity contribution < 1.29 is 4.52 Å². The van der Waals surface area contributed by atoms with E-state index < -0.39 is 0 Å². The second-order valence-corrected chi connectivity index (χ2v) is 4.84. The topological polar surface area (TPSA) is 90.7 Å². The van der Waals surface area contributed by atoms with E-state index in [1.165, 1.54) is 0 Å². The van der Waals surface area contributed by atoms with Crippen LogP contribution in [0.25, 0.3) is 11.6 Å². The fourth-order valence-corrected chi connectivity index (χ4v) is 1.81. The number of rotatable bonds is 6. The Morgan fingerprint density at radius 2 is 1.89 bits per heavy atom. The quantitative estimate of drug-likeness (QED) is 0.856. The lowest BCUT2D eigenvalue weighted by Crippen LogP contribution is -2.14. The molecule has 2 aromatic heterocycles. The first kappa shape index (κ1) is 13.6. The van der Waals surface area contributed by atoms with Crippen LogP contribution in [0.3, 0.4) is 0 Å². The van der Waals surface area contributed by atoms with Gasteiger partial charge in [-0.2, -0.15) is 4.98 Å². The van der Waals surface area contributed by atoms with Crippen LogP contribution in [0.15, 0.2) is 23.0 Å². The average molecular weight is 261 g/mol. The van der Waals surface area contributed by atoms with Crippen LogP contribution in [0.1, 0.15) is 44.9 Å². The average Bonchev–Trinajstić information content (AvgIpc) is 2.89. The number of hydrogen-bond donors (Lipinski definition) is 1. The summed E-state index contributed by atoms with van der Waals surface area (Å²) in [5, 5.41) is 3.91. The maximum absolute atomic E-state index is 5.73. The summed E-state index contributed by atoms with van der Waals surface area (Å²) < 4.78 is 5.27. The highest BCUT2D eigenvalue weighted by Crippen LogP contribution is 2.21. The van der Waals surface area contributed by atoms with Crippen molar-refractivity contribution >= 4 is 0 Å². The number of nitrogens with two attached hydrogens (primary N) is 1. The Hall–Kier alpha value is -1.82. The SMILES string of the molecule is CC(N)CCCC(C)c1nc(-c2ncccn2)no1. The van der Waals surface area contributed by atoms with Crippen molar-refractivity contribution in [1.82, 2.24) is 20.1 Å². The fourth-order valence-electron chi connectivity index (χ4n) is 1.81. The minimum Gasteiger partial charge on any atom is -0.339 e. The molecule has 6 heteroatoms. The van der Waals surface area contributed by atoms with Crippen LogP contribution in [0, 0.1) is 0 Å². The van der Waals surface area contributed by atoms with Crippen LogP contribution in [-0.4, -0.2) is 26.2 Å². The van der Waals surface area contributed by atoms with Gasteiger partial charge in [-0.05, 0) is 25.8 Å². The van der Waals surface area contributed by atoms with Gasteiger partial charge in [0, 0.05) is 24.4 Å². The Labute approximate surface area is 112 Å². The summed E-state index contributed by atoms with van der Waals surface area (Å²) in [6.07, 6.45) is 6.36. The van der Waals surface area contributed by atoms with Gasteiger partial charge in [-0.3, -0.25) is 0 Å². The van der Waals surface area contributed by atoms with Crippen molar-refractivity contribution in [2.24, 2.45) is 5.73 Å². The summed E-state index contributed by atoms with van der Waals surface area (Å²) in [6, 6.07) is 1.99. The van der Waals surface area contributed by atoms with Gasteiger partial charge >= 0.3 is 0 Å². The predicted octanol–water partition coefficient (Wildman–Crippen LogP) is 2.15. The van der Waals surface area contributed by atoms with E-state index in [4.69, 9.17) is 10.3 Å². The van der Waals surface area contributed by atoms with Gasteiger partial charge in [0.15, 0.2) is 0 Å². The zero-order valence-corrected chi connectivity index (χ0v) is 11.3. The molecule has 2 atom stereocenters. The summed E-state index contributed by atoms with van der Waals surface area (Å²) in [4.78, 5) is 12.5. The molecule has 2 heterocycles. The van der Waals surface area contributed by atoms with Crippen molar-refractivity contribution in [3.63, 3.8) is 0 Å². The zero-order valence-electron chi connectivity index (χ0n) is 11.3. The molecule has 0 fully saturated rings. The van der Waals surface area contributed by atoms with E-state index >= 15 is 0 Å². The van der Waals surface area contributed by atoms with E-state index in [1.54, 1.807) is 18.5 Å². The van der Waals surface area contributed by atoms with Crippen molar-refractivity contribution in [2.75, 3.05) is 0 Å². The first-order valence-corrected chi connectivity index (χ1v) is 6.53. The number of hydrogen-bond acceptors (Lipinski definition) is 6. The van der Waals surface area contributed by atoms with Gasteiger partial charge in [0.25, 0.3) is 0 Å². The lowest BCUT2D eigenvalue weighted by atomic mass is 10.0. The normalized spacial score (nSPS) is 14.3. The Bertz CT molecular complexity index is 497. The third kappa shape index (κ3) is 3.82. The van der Waals surface area contributed by atoms with E-state index in [9.17, 15) is 0 Å². The van der Waals surface area contributed by atoms with Gasteiger partial charge in [-0.15, -0.1) is 0 Å². The molecule has 0 bridgehead atoms. The van der Waals surface area contributed by atoms with E-state index in [0.717, 1.165) is 19.3 Å². The molecule has 2 unspecified atom stereocenters. The first-order valence-electron chi connectivity index (χ1n) is 6.53. The van der Waals surface area contributed by atoms with Gasteiger partial charge in [0.1, 0.15) is 0 Å². The maximum atomic E-state index is 5.73. The van der Waals surface area contributed by atoms with E-state index in [1.807, 2.05) is 6.92 Å². The summed E-state index contributed by atoms with van der Waals surface area (Å²) in [7, 11) is 0. The molecule has 2 N–H and O–H groups in total. The molecule has 0 radical (unpaired) electrons. The zero-order chi connectivity index (χ0) is 13.7. The highest BCUT2D eigenvalue weighted by molar-refractivity contribution is 5.40. The smallest absolute Gasteiger partial charge is 0.240 e. The van der Waals surface area contributed by atoms with Crippen LogP contribution in [0.5, 0.6) is 0 Å². The Balaban J connectivity index is 1.97. The molecule has 0 aliphatic rings. The van der Waals surface area contributed by atoms with Crippen LogP contribution in [-0.2, 0) is 0 Å². The first-order chi connectivity index (χ1) is 9.16. The summed E-state index contributed by atoms with van der Waals surface area (Å²) in [5.74, 6) is 1.78. The minimum atomic E-state index is 0.226. The molecule has 0 spiro atoms. The second kappa shape index (κ2) is 6.38. The van der Waals surface area contributed by atoms with Crippen LogP contribution in [0.2, 0.25) is 0 Å². The molecule has 0 aliphatic heterocycles. The number of nitrogens with zero attached hydrogens (tertiary/aromatic N) is 4. The predicted molar refractivity (Wildman–Crippen MR) is 71.2 cm³/mol. The van der Waals surface area contributed by atoms with E-state index in [0.29, 0.717) is 17.5 Å². The molecule has 0 saturated carbocycles. The molecule has 0 amide bonds. The lowest BCUT2D eigenvalue weighted by molar-refractivity contribution is 0.349. The largest absolute Gasteiger partial charge is 0.339 e. The molecular formula is C13H19N5O. The van der Waals surface area contributed by atoms with Gasteiger partial charge in [-0.25, -0.2) is 9.97 Å². The monoisotopic (exact) mass is 261 g/mol. The molecular weight excluding hydrogens is 242 g/mol.